The molecule has 0 spiro atoms. The van der Waals surface area contributed by atoms with Gasteiger partial charge in [-0.3, -0.25) is 0 Å². The molecule has 0 N–H and O–H groups in total. The third-order valence-electron chi connectivity index (χ3n) is 2.83. The zero-order valence-electron chi connectivity index (χ0n) is 10.9. The van der Waals surface area contributed by atoms with Gasteiger partial charge in [0, 0.05) is 0 Å². The standard InChI is InChI=1S/C10H8.C8H10/c1-2-6-10-8-4-3-7-9(10)5-1;1-7-4-3-5-8(2)6-7/h1-8H;3-6H,1-2H3. The molecule has 0 aliphatic heterocycles. The van der Waals surface area contributed by atoms with Crippen molar-refractivity contribution in [3.8, 4) is 0 Å². The molecule has 0 unspecified atom stereocenters. The highest BCUT2D eigenvalue weighted by Gasteiger charge is 1.85. The Balaban J connectivity index is 0.000000138. The Morgan fingerprint density at radius 1 is 0.500 bits per heavy atom. The largest absolute Gasteiger partial charge is 0.0617 e. The van der Waals surface area contributed by atoms with E-state index < -0.39 is 0 Å². The summed E-state index contributed by atoms with van der Waals surface area (Å²) in [6.07, 6.45) is 0. The van der Waals surface area contributed by atoms with Crippen LogP contribution in [0.15, 0.2) is 72.8 Å². The van der Waals surface area contributed by atoms with Crippen LogP contribution in [0.1, 0.15) is 11.1 Å². The van der Waals surface area contributed by atoms with Crippen LogP contribution < -0.4 is 0 Å². The molecule has 0 saturated carbocycles. The molecule has 0 radical (unpaired) electrons. The van der Waals surface area contributed by atoms with Gasteiger partial charge in [0.15, 0.2) is 0 Å². The molecule has 0 aliphatic carbocycles. The molecule has 0 heterocycles. The van der Waals surface area contributed by atoms with Crippen molar-refractivity contribution < 1.29 is 0 Å². The number of fused-ring (bicyclic) bond motifs is 1. The number of rotatable bonds is 0. The highest BCUT2D eigenvalue weighted by molar-refractivity contribution is 5.81. The molecule has 0 aromatic heterocycles. The van der Waals surface area contributed by atoms with E-state index in [1.54, 1.807) is 0 Å². The highest BCUT2D eigenvalue weighted by atomic mass is 13.9. The Labute approximate surface area is 109 Å². The molecule has 0 aliphatic rings. The molecule has 90 valence electrons. The van der Waals surface area contributed by atoms with Gasteiger partial charge in [0.2, 0.25) is 0 Å². The minimum atomic E-state index is 1.31. The van der Waals surface area contributed by atoms with Gasteiger partial charge >= 0.3 is 0 Å². The van der Waals surface area contributed by atoms with Crippen LogP contribution in [-0.2, 0) is 0 Å². The third kappa shape index (κ3) is 3.46. The Morgan fingerprint density at radius 3 is 1.17 bits per heavy atom. The van der Waals surface area contributed by atoms with E-state index in [2.05, 4.69) is 86.6 Å². The van der Waals surface area contributed by atoms with Crippen LogP contribution in [-0.4, -0.2) is 0 Å². The molecule has 0 heteroatoms. The fourth-order valence-corrected chi connectivity index (χ4v) is 1.94. The number of hydrogen-bond donors (Lipinski definition) is 0. The van der Waals surface area contributed by atoms with Crippen molar-refractivity contribution in [1.29, 1.82) is 0 Å². The summed E-state index contributed by atoms with van der Waals surface area (Å²) in [4.78, 5) is 0. The van der Waals surface area contributed by atoms with Gasteiger partial charge in [0.05, 0.1) is 0 Å². The van der Waals surface area contributed by atoms with E-state index in [0.29, 0.717) is 0 Å². The molecular formula is C18H18. The molecule has 18 heavy (non-hydrogen) atoms. The van der Waals surface area contributed by atoms with Crippen molar-refractivity contribution in [2.45, 2.75) is 13.8 Å². The van der Waals surface area contributed by atoms with Gasteiger partial charge in [0.1, 0.15) is 0 Å². The van der Waals surface area contributed by atoms with E-state index in [1.165, 1.54) is 21.9 Å². The number of benzene rings is 3. The van der Waals surface area contributed by atoms with E-state index >= 15 is 0 Å². The summed E-state index contributed by atoms with van der Waals surface area (Å²) in [5.41, 5.74) is 2.68. The SMILES string of the molecule is Cc1cccc(C)c1.c1ccc2ccccc2c1. The van der Waals surface area contributed by atoms with E-state index in [-0.39, 0.29) is 0 Å². The fraction of sp³-hybridized carbons (Fsp3) is 0.111. The molecule has 0 bridgehead atoms. The topological polar surface area (TPSA) is 0 Å². The van der Waals surface area contributed by atoms with Crippen LogP contribution in [0.2, 0.25) is 0 Å². The van der Waals surface area contributed by atoms with Crippen LogP contribution >= 0.6 is 0 Å². The van der Waals surface area contributed by atoms with Crippen LogP contribution in [0.3, 0.4) is 0 Å². The predicted octanol–water partition coefficient (Wildman–Crippen LogP) is 5.14. The van der Waals surface area contributed by atoms with E-state index in [4.69, 9.17) is 0 Å². The number of aryl methyl sites for hydroxylation is 2. The first kappa shape index (κ1) is 12.4. The normalized spacial score (nSPS) is 9.67. The lowest BCUT2D eigenvalue weighted by Gasteiger charge is -1.92. The zero-order chi connectivity index (χ0) is 12.8. The molecule has 0 fully saturated rings. The lowest BCUT2D eigenvalue weighted by molar-refractivity contribution is 1.39. The van der Waals surface area contributed by atoms with Crippen molar-refractivity contribution >= 4 is 10.8 Å². The van der Waals surface area contributed by atoms with E-state index in [1.807, 2.05) is 0 Å². The average molecular weight is 234 g/mol. The second kappa shape index (κ2) is 6.02. The van der Waals surface area contributed by atoms with Gasteiger partial charge < -0.3 is 0 Å². The molecular weight excluding hydrogens is 216 g/mol. The van der Waals surface area contributed by atoms with Gasteiger partial charge in [-0.25, -0.2) is 0 Å². The first-order chi connectivity index (χ1) is 8.75. The van der Waals surface area contributed by atoms with Gasteiger partial charge in [-0.15, -0.1) is 0 Å². The summed E-state index contributed by atoms with van der Waals surface area (Å²) < 4.78 is 0. The first-order valence-electron chi connectivity index (χ1n) is 6.23. The molecule has 0 nitrogen and oxygen atoms in total. The van der Waals surface area contributed by atoms with E-state index in [0.717, 1.165) is 0 Å². The Kier molecular flexibility index (Phi) is 4.14. The fourth-order valence-electron chi connectivity index (χ4n) is 1.94. The Hall–Kier alpha value is -2.08. The molecule has 0 amide bonds. The van der Waals surface area contributed by atoms with Crippen molar-refractivity contribution in [3.63, 3.8) is 0 Å². The zero-order valence-corrected chi connectivity index (χ0v) is 10.9. The molecule has 0 atom stereocenters. The summed E-state index contributed by atoms with van der Waals surface area (Å²) >= 11 is 0. The summed E-state index contributed by atoms with van der Waals surface area (Å²) in [5.74, 6) is 0. The molecule has 3 aromatic carbocycles. The van der Waals surface area contributed by atoms with Gasteiger partial charge in [-0.1, -0.05) is 83.9 Å². The highest BCUT2D eigenvalue weighted by Crippen LogP contribution is 2.11. The van der Waals surface area contributed by atoms with Crippen LogP contribution in [0.4, 0.5) is 0 Å². The Bertz CT molecular complexity index is 541. The maximum absolute atomic E-state index is 2.17. The maximum atomic E-state index is 2.17. The second-order valence-electron chi connectivity index (χ2n) is 4.51. The lowest BCUT2D eigenvalue weighted by atomic mass is 10.1. The van der Waals surface area contributed by atoms with Crippen LogP contribution in [0.25, 0.3) is 10.8 Å². The minimum absolute atomic E-state index is 1.31. The first-order valence-corrected chi connectivity index (χ1v) is 6.23. The molecule has 0 saturated heterocycles. The summed E-state index contributed by atoms with van der Waals surface area (Å²) in [7, 11) is 0. The second-order valence-corrected chi connectivity index (χ2v) is 4.51. The smallest absolute Gasteiger partial charge is 0.0184 e. The Morgan fingerprint density at radius 2 is 0.889 bits per heavy atom. The number of hydrogen-bond acceptors (Lipinski definition) is 0. The van der Waals surface area contributed by atoms with Gasteiger partial charge in [-0.2, -0.15) is 0 Å². The average Bonchev–Trinajstić information content (AvgIpc) is 2.39. The van der Waals surface area contributed by atoms with E-state index in [9.17, 15) is 0 Å². The third-order valence-corrected chi connectivity index (χ3v) is 2.83. The quantitative estimate of drug-likeness (QED) is 0.505. The minimum Gasteiger partial charge on any atom is -0.0617 e. The molecule has 3 aromatic rings. The summed E-state index contributed by atoms with van der Waals surface area (Å²) in [6.45, 7) is 4.21. The van der Waals surface area contributed by atoms with Crippen molar-refractivity contribution in [1.82, 2.24) is 0 Å². The lowest BCUT2D eigenvalue weighted by Crippen LogP contribution is -1.71. The van der Waals surface area contributed by atoms with Crippen molar-refractivity contribution in [2.75, 3.05) is 0 Å². The summed E-state index contributed by atoms with van der Waals surface area (Å²) in [6, 6.07) is 25.2. The predicted molar refractivity (Wildman–Crippen MR) is 79.9 cm³/mol. The maximum Gasteiger partial charge on any atom is -0.0184 e. The van der Waals surface area contributed by atoms with Crippen molar-refractivity contribution in [3.05, 3.63) is 83.9 Å². The monoisotopic (exact) mass is 234 g/mol. The van der Waals surface area contributed by atoms with Gasteiger partial charge in [0.25, 0.3) is 0 Å². The molecule has 3 rings (SSSR count). The van der Waals surface area contributed by atoms with Gasteiger partial charge in [-0.05, 0) is 24.6 Å². The van der Waals surface area contributed by atoms with Crippen molar-refractivity contribution in [2.24, 2.45) is 0 Å². The summed E-state index contributed by atoms with van der Waals surface area (Å²) in [5, 5.41) is 2.62. The van der Waals surface area contributed by atoms with Crippen LogP contribution in [0.5, 0.6) is 0 Å². The van der Waals surface area contributed by atoms with Crippen LogP contribution in [0, 0.1) is 13.8 Å².